The number of hydrogen-bond donors (Lipinski definition) is 2. The summed E-state index contributed by atoms with van der Waals surface area (Å²) in [6, 6.07) is 32.4. The maximum absolute atomic E-state index is 14.0. The van der Waals surface area contributed by atoms with Crippen molar-refractivity contribution in [2.75, 3.05) is 6.54 Å². The van der Waals surface area contributed by atoms with Gasteiger partial charge < -0.3 is 10.4 Å². The van der Waals surface area contributed by atoms with Crippen LogP contribution in [0.2, 0.25) is 0 Å². The molecule has 0 saturated heterocycles. The number of benzene rings is 5. The molecule has 218 valence electrons. The number of alkyl halides is 3. The third-order valence-electron chi connectivity index (χ3n) is 7.60. The zero-order valence-corrected chi connectivity index (χ0v) is 23.5. The molecule has 1 amide bonds. The van der Waals surface area contributed by atoms with Crippen LogP contribution in [0.5, 0.6) is 0 Å². The molecule has 5 aromatic carbocycles. The van der Waals surface area contributed by atoms with Gasteiger partial charge >= 0.3 is 12.1 Å². The van der Waals surface area contributed by atoms with Crippen LogP contribution in [0.1, 0.15) is 46.3 Å². The van der Waals surface area contributed by atoms with Crippen molar-refractivity contribution in [1.29, 1.82) is 0 Å². The molecule has 5 aromatic rings. The van der Waals surface area contributed by atoms with Gasteiger partial charge in [0.05, 0.1) is 12.0 Å². The Hall–Kier alpha value is -4.91. The summed E-state index contributed by atoms with van der Waals surface area (Å²) in [4.78, 5) is 23.1. The minimum Gasteiger partial charge on any atom is -0.481 e. The Morgan fingerprint density at radius 1 is 0.767 bits per heavy atom. The molecule has 0 aliphatic carbocycles. The maximum atomic E-state index is 14.0. The second kappa shape index (κ2) is 12.5. The molecule has 0 fully saturated rings. The maximum Gasteiger partial charge on any atom is 0.417 e. The van der Waals surface area contributed by atoms with Gasteiger partial charge in [-0.05, 0) is 80.8 Å². The first-order valence-electron chi connectivity index (χ1n) is 14.0. The van der Waals surface area contributed by atoms with Crippen LogP contribution in [0.3, 0.4) is 0 Å². The van der Waals surface area contributed by atoms with E-state index in [2.05, 4.69) is 11.4 Å². The van der Waals surface area contributed by atoms with Crippen LogP contribution in [0, 0.1) is 0 Å². The van der Waals surface area contributed by atoms with Crippen LogP contribution in [0.25, 0.3) is 33.0 Å². The van der Waals surface area contributed by atoms with E-state index >= 15 is 0 Å². The molecule has 2 N–H and O–H groups in total. The molecule has 0 aromatic heterocycles. The number of aliphatic carboxylic acids is 1. The number of halogens is 3. The highest BCUT2D eigenvalue weighted by Gasteiger charge is 2.33. The largest absolute Gasteiger partial charge is 0.481 e. The number of carboxylic acid groups (broad SMARTS) is 1. The summed E-state index contributed by atoms with van der Waals surface area (Å²) in [5, 5.41) is 13.5. The molecule has 0 aliphatic heterocycles. The van der Waals surface area contributed by atoms with Crippen LogP contribution in [0.15, 0.2) is 109 Å². The van der Waals surface area contributed by atoms with Crippen molar-refractivity contribution in [2.45, 2.75) is 31.9 Å². The second-order valence-corrected chi connectivity index (χ2v) is 10.6. The van der Waals surface area contributed by atoms with Gasteiger partial charge in [-0.25, -0.2) is 0 Å². The smallest absolute Gasteiger partial charge is 0.417 e. The van der Waals surface area contributed by atoms with Crippen molar-refractivity contribution < 1.29 is 27.9 Å². The van der Waals surface area contributed by atoms with Gasteiger partial charge in [-0.2, -0.15) is 13.2 Å². The van der Waals surface area contributed by atoms with Crippen LogP contribution in [-0.4, -0.2) is 23.5 Å². The van der Waals surface area contributed by atoms with E-state index in [1.54, 1.807) is 24.3 Å². The normalized spacial score (nSPS) is 12.2. The Balaban J connectivity index is 1.49. The second-order valence-electron chi connectivity index (χ2n) is 10.6. The summed E-state index contributed by atoms with van der Waals surface area (Å²) in [7, 11) is 0. The molecule has 0 aliphatic rings. The van der Waals surface area contributed by atoms with Crippen molar-refractivity contribution >= 4 is 22.6 Å². The van der Waals surface area contributed by atoms with Crippen LogP contribution in [-0.2, 0) is 17.4 Å². The van der Waals surface area contributed by atoms with E-state index in [0.717, 1.165) is 39.1 Å². The number of carboxylic acids is 1. The molecule has 5 rings (SSSR count). The predicted octanol–water partition coefficient (Wildman–Crippen LogP) is 8.74. The Morgan fingerprint density at radius 2 is 1.42 bits per heavy atom. The highest BCUT2D eigenvalue weighted by molar-refractivity contribution is 5.94. The third kappa shape index (κ3) is 6.95. The average molecular weight is 582 g/mol. The van der Waals surface area contributed by atoms with Gasteiger partial charge in [0.15, 0.2) is 0 Å². The summed E-state index contributed by atoms with van der Waals surface area (Å²) in [6.45, 7) is 2.03. The lowest BCUT2D eigenvalue weighted by Crippen LogP contribution is -2.25. The Bertz CT molecular complexity index is 1780. The Kier molecular flexibility index (Phi) is 8.62. The van der Waals surface area contributed by atoms with E-state index in [1.165, 1.54) is 12.1 Å². The van der Waals surface area contributed by atoms with E-state index in [0.29, 0.717) is 17.5 Å². The molecule has 0 radical (unpaired) electrons. The summed E-state index contributed by atoms with van der Waals surface area (Å²) < 4.78 is 42.1. The number of amides is 1. The molecular weight excluding hydrogens is 551 g/mol. The van der Waals surface area contributed by atoms with Crippen LogP contribution < -0.4 is 5.32 Å². The zero-order chi connectivity index (χ0) is 30.6. The number of carbonyl (C=O) groups is 2. The van der Waals surface area contributed by atoms with Crippen LogP contribution >= 0.6 is 0 Å². The first kappa shape index (κ1) is 29.6. The van der Waals surface area contributed by atoms with E-state index in [4.69, 9.17) is 5.11 Å². The summed E-state index contributed by atoms with van der Waals surface area (Å²) in [6.07, 6.45) is -4.20. The van der Waals surface area contributed by atoms with Crippen molar-refractivity contribution in [3.05, 3.63) is 131 Å². The predicted molar refractivity (Wildman–Crippen MR) is 163 cm³/mol. The van der Waals surface area contributed by atoms with Gasteiger partial charge in [0.25, 0.3) is 5.91 Å². The van der Waals surface area contributed by atoms with Crippen molar-refractivity contribution in [1.82, 2.24) is 5.32 Å². The minimum absolute atomic E-state index is 0.0298. The lowest BCUT2D eigenvalue weighted by molar-refractivity contribution is -0.137. The fraction of sp³-hybridized carbons (Fsp3) is 0.167. The standard InChI is InChI=1S/C36H30F3NO3/c1-23(24-10-13-26(14-11-24)35(43)40-19-18-34(41)42)20-30-22-29(28-15-12-25-6-2-3-7-27(25)21-28)16-17-31(30)32-8-4-5-9-33(32)36(37,38)39/h2-17,21-23H,18-20H2,1H3,(H,40,43)(H,41,42). The minimum atomic E-state index is -4.50. The summed E-state index contributed by atoms with van der Waals surface area (Å²) in [5.74, 6) is -1.44. The van der Waals surface area contributed by atoms with Gasteiger partial charge in [0, 0.05) is 12.1 Å². The summed E-state index contributed by atoms with van der Waals surface area (Å²) in [5.41, 5.74) is 3.98. The number of fused-ring (bicyclic) bond motifs is 1. The van der Waals surface area contributed by atoms with E-state index in [1.807, 2.05) is 67.6 Å². The molecule has 0 heterocycles. The van der Waals surface area contributed by atoms with E-state index in [-0.39, 0.29) is 30.4 Å². The SMILES string of the molecule is CC(Cc1cc(-c2ccc3ccccc3c2)ccc1-c1ccccc1C(F)(F)F)c1ccc(C(=O)NCCC(=O)O)cc1. The number of nitrogens with one attached hydrogen (secondary N) is 1. The quantitative estimate of drug-likeness (QED) is 0.183. The van der Waals surface area contributed by atoms with Gasteiger partial charge in [0.1, 0.15) is 0 Å². The van der Waals surface area contributed by atoms with Gasteiger partial charge in [-0.3, -0.25) is 9.59 Å². The lowest BCUT2D eigenvalue weighted by atomic mass is 9.86. The first-order valence-corrected chi connectivity index (χ1v) is 14.0. The molecule has 4 nitrogen and oxygen atoms in total. The third-order valence-corrected chi connectivity index (χ3v) is 7.60. The van der Waals surface area contributed by atoms with Gasteiger partial charge in [-0.1, -0.05) is 91.9 Å². The van der Waals surface area contributed by atoms with Crippen molar-refractivity contribution in [2.24, 2.45) is 0 Å². The number of hydrogen-bond acceptors (Lipinski definition) is 2. The molecule has 0 bridgehead atoms. The molecule has 1 unspecified atom stereocenters. The monoisotopic (exact) mass is 581 g/mol. The molecule has 0 saturated carbocycles. The number of carbonyl (C=O) groups excluding carboxylic acids is 1. The lowest BCUT2D eigenvalue weighted by Gasteiger charge is -2.20. The topological polar surface area (TPSA) is 66.4 Å². The molecular formula is C36H30F3NO3. The van der Waals surface area contributed by atoms with Crippen molar-refractivity contribution in [3.63, 3.8) is 0 Å². The van der Waals surface area contributed by atoms with Crippen LogP contribution in [0.4, 0.5) is 13.2 Å². The summed E-state index contributed by atoms with van der Waals surface area (Å²) >= 11 is 0. The number of rotatable bonds is 9. The fourth-order valence-electron chi connectivity index (χ4n) is 5.33. The van der Waals surface area contributed by atoms with E-state index in [9.17, 15) is 22.8 Å². The fourth-order valence-corrected chi connectivity index (χ4v) is 5.33. The zero-order valence-electron chi connectivity index (χ0n) is 23.5. The Labute approximate surface area is 247 Å². The first-order chi connectivity index (χ1) is 20.6. The van der Waals surface area contributed by atoms with Gasteiger partial charge in [-0.15, -0.1) is 0 Å². The molecule has 1 atom stereocenters. The molecule has 7 heteroatoms. The molecule has 0 spiro atoms. The van der Waals surface area contributed by atoms with Crippen molar-refractivity contribution in [3.8, 4) is 22.3 Å². The average Bonchev–Trinajstić information content (AvgIpc) is 3.00. The van der Waals surface area contributed by atoms with Gasteiger partial charge in [0.2, 0.25) is 0 Å². The molecule has 43 heavy (non-hydrogen) atoms. The highest BCUT2D eigenvalue weighted by Crippen LogP contribution is 2.40. The highest BCUT2D eigenvalue weighted by atomic mass is 19.4. The Morgan fingerprint density at radius 3 is 2.14 bits per heavy atom. The van der Waals surface area contributed by atoms with E-state index < -0.39 is 17.7 Å².